The third-order valence-electron chi connectivity index (χ3n) is 5.83. The Hall–Kier alpha value is -2.90. The van der Waals surface area contributed by atoms with E-state index >= 15 is 0 Å². The lowest BCUT2D eigenvalue weighted by Gasteiger charge is -2.30. The monoisotopic (exact) mass is 507 g/mol. The molecule has 0 atom stereocenters. The van der Waals surface area contributed by atoms with Gasteiger partial charge >= 0.3 is 11.9 Å². The SMILES string of the molecule is CCC(CC)(CC)OC(=O)C(=O)CC(=O)N(Cc1ccc(Cl)c(Cl)c1)c1ccc(C(=O)O)cc1. The first-order valence-electron chi connectivity index (χ1n) is 10.9. The Bertz CT molecular complexity index is 1060. The summed E-state index contributed by atoms with van der Waals surface area (Å²) in [5, 5.41) is 9.78. The molecule has 0 aromatic heterocycles. The first kappa shape index (κ1) is 27.3. The summed E-state index contributed by atoms with van der Waals surface area (Å²) < 4.78 is 5.47. The Labute approximate surface area is 208 Å². The molecule has 0 aliphatic carbocycles. The van der Waals surface area contributed by atoms with Gasteiger partial charge in [-0.15, -0.1) is 0 Å². The summed E-state index contributed by atoms with van der Waals surface area (Å²) in [6, 6.07) is 10.5. The molecule has 2 aromatic rings. The van der Waals surface area contributed by atoms with Crippen molar-refractivity contribution < 1.29 is 29.0 Å². The summed E-state index contributed by atoms with van der Waals surface area (Å²) in [6.07, 6.45) is 0.944. The maximum atomic E-state index is 13.1. The van der Waals surface area contributed by atoms with Gasteiger partial charge in [-0.3, -0.25) is 9.59 Å². The highest BCUT2D eigenvalue weighted by Gasteiger charge is 2.33. The Morgan fingerprint density at radius 2 is 1.50 bits per heavy atom. The Kier molecular flexibility index (Phi) is 9.65. The highest BCUT2D eigenvalue weighted by molar-refractivity contribution is 6.42. The van der Waals surface area contributed by atoms with E-state index < -0.39 is 35.7 Å². The lowest BCUT2D eigenvalue weighted by molar-refractivity contribution is -0.167. The molecule has 0 saturated carbocycles. The number of amides is 1. The number of carbonyl (C=O) groups excluding carboxylic acids is 3. The molecule has 2 aromatic carbocycles. The Balaban J connectivity index is 2.29. The first-order chi connectivity index (χ1) is 16.1. The van der Waals surface area contributed by atoms with Gasteiger partial charge in [-0.2, -0.15) is 0 Å². The van der Waals surface area contributed by atoms with Gasteiger partial charge in [0.2, 0.25) is 11.7 Å². The van der Waals surface area contributed by atoms with Crippen molar-refractivity contribution in [2.75, 3.05) is 4.90 Å². The standard InChI is InChI=1S/C25H27Cl2NO6/c1-4-25(5-2,6-3)34-24(33)21(29)14-22(30)28(15-16-7-12-19(26)20(27)13-16)18-10-8-17(9-11-18)23(31)32/h7-13H,4-6,14-15H2,1-3H3,(H,31,32). The van der Waals surface area contributed by atoms with Crippen LogP contribution in [-0.2, 0) is 25.7 Å². The molecule has 7 nitrogen and oxygen atoms in total. The van der Waals surface area contributed by atoms with Crippen LogP contribution in [0.25, 0.3) is 0 Å². The largest absolute Gasteiger partial charge is 0.478 e. The number of nitrogens with zero attached hydrogens (tertiary/aromatic N) is 1. The zero-order valence-corrected chi connectivity index (χ0v) is 20.8. The molecule has 0 fully saturated rings. The summed E-state index contributed by atoms with van der Waals surface area (Å²) in [6.45, 7) is 5.63. The number of carboxylic acids is 1. The summed E-state index contributed by atoms with van der Waals surface area (Å²) in [5.41, 5.74) is 0.275. The Morgan fingerprint density at radius 1 is 0.912 bits per heavy atom. The second kappa shape index (κ2) is 12.0. The van der Waals surface area contributed by atoms with E-state index in [1.165, 1.54) is 29.2 Å². The van der Waals surface area contributed by atoms with Crippen LogP contribution in [0.1, 0.15) is 62.4 Å². The summed E-state index contributed by atoms with van der Waals surface area (Å²) in [4.78, 5) is 50.6. The molecule has 0 bridgehead atoms. The molecule has 182 valence electrons. The molecule has 1 amide bonds. The molecule has 0 spiro atoms. The predicted octanol–water partition coefficient (Wildman–Crippen LogP) is 5.70. The van der Waals surface area contributed by atoms with Gasteiger partial charge in [-0.05, 0) is 61.2 Å². The van der Waals surface area contributed by atoms with Gasteiger partial charge in [0.1, 0.15) is 5.60 Å². The van der Waals surface area contributed by atoms with E-state index in [1.807, 2.05) is 20.8 Å². The number of anilines is 1. The van der Waals surface area contributed by atoms with Crippen molar-refractivity contribution in [1.29, 1.82) is 0 Å². The van der Waals surface area contributed by atoms with E-state index in [-0.39, 0.29) is 12.1 Å². The predicted molar refractivity (Wildman–Crippen MR) is 130 cm³/mol. The van der Waals surface area contributed by atoms with E-state index in [0.717, 1.165) is 0 Å². The van der Waals surface area contributed by atoms with Crippen molar-refractivity contribution in [1.82, 2.24) is 0 Å². The van der Waals surface area contributed by atoms with Gasteiger partial charge in [0.05, 0.1) is 28.6 Å². The maximum absolute atomic E-state index is 13.1. The number of carboxylic acid groups (broad SMARTS) is 1. The first-order valence-corrected chi connectivity index (χ1v) is 11.6. The van der Waals surface area contributed by atoms with Crippen molar-refractivity contribution in [3.8, 4) is 0 Å². The third-order valence-corrected chi connectivity index (χ3v) is 6.57. The third kappa shape index (κ3) is 6.81. The molecular formula is C25H27Cl2NO6. The lowest BCUT2D eigenvalue weighted by Crippen LogP contribution is -2.38. The second-order valence-electron chi connectivity index (χ2n) is 7.81. The highest BCUT2D eigenvalue weighted by Crippen LogP contribution is 2.27. The van der Waals surface area contributed by atoms with Crippen LogP contribution < -0.4 is 4.90 Å². The topological polar surface area (TPSA) is 101 Å². The minimum atomic E-state index is -1.11. The summed E-state index contributed by atoms with van der Waals surface area (Å²) in [7, 11) is 0. The molecular weight excluding hydrogens is 481 g/mol. The minimum absolute atomic E-state index is 0.0211. The number of ether oxygens (including phenoxy) is 1. The molecule has 9 heteroatoms. The Morgan fingerprint density at radius 3 is 2.00 bits per heavy atom. The van der Waals surface area contributed by atoms with Gasteiger partial charge in [0.15, 0.2) is 0 Å². The normalized spacial score (nSPS) is 11.1. The molecule has 0 radical (unpaired) electrons. The number of hydrogen-bond donors (Lipinski definition) is 1. The molecule has 2 rings (SSSR count). The van der Waals surface area contributed by atoms with E-state index in [1.54, 1.807) is 18.2 Å². The number of benzene rings is 2. The number of carbonyl (C=O) groups is 4. The average molecular weight is 508 g/mol. The number of ketones is 1. The van der Waals surface area contributed by atoms with Crippen LogP contribution in [0, 0.1) is 0 Å². The van der Waals surface area contributed by atoms with Gasteiger partial charge in [0, 0.05) is 5.69 Å². The van der Waals surface area contributed by atoms with Crippen molar-refractivity contribution in [3.05, 3.63) is 63.6 Å². The molecule has 0 heterocycles. The summed E-state index contributed by atoms with van der Waals surface area (Å²) in [5.74, 6) is -3.76. The van der Waals surface area contributed by atoms with Gasteiger partial charge < -0.3 is 14.7 Å². The van der Waals surface area contributed by atoms with E-state index in [4.69, 9.17) is 33.0 Å². The maximum Gasteiger partial charge on any atom is 0.375 e. The van der Waals surface area contributed by atoms with Crippen LogP contribution in [0.4, 0.5) is 5.69 Å². The van der Waals surface area contributed by atoms with Crippen LogP contribution >= 0.6 is 23.2 Å². The number of aromatic carboxylic acids is 1. The van der Waals surface area contributed by atoms with Crippen molar-refractivity contribution in [2.24, 2.45) is 0 Å². The van der Waals surface area contributed by atoms with E-state index in [9.17, 15) is 19.2 Å². The van der Waals surface area contributed by atoms with E-state index in [2.05, 4.69) is 0 Å². The number of esters is 1. The molecule has 0 aliphatic rings. The van der Waals surface area contributed by atoms with Crippen LogP contribution in [0.15, 0.2) is 42.5 Å². The van der Waals surface area contributed by atoms with Crippen molar-refractivity contribution in [3.63, 3.8) is 0 Å². The molecule has 34 heavy (non-hydrogen) atoms. The van der Waals surface area contributed by atoms with Gasteiger partial charge in [-0.1, -0.05) is 50.0 Å². The van der Waals surface area contributed by atoms with Crippen LogP contribution in [0.2, 0.25) is 10.0 Å². The zero-order valence-electron chi connectivity index (χ0n) is 19.3. The minimum Gasteiger partial charge on any atom is -0.478 e. The number of Topliss-reactive ketones (excluding diaryl/α,β-unsaturated/α-hetero) is 1. The number of rotatable bonds is 11. The quantitative estimate of drug-likeness (QED) is 0.238. The number of halogens is 2. The van der Waals surface area contributed by atoms with Crippen LogP contribution in [0.5, 0.6) is 0 Å². The van der Waals surface area contributed by atoms with E-state index in [0.29, 0.717) is 40.6 Å². The fraction of sp³-hybridized carbons (Fsp3) is 0.360. The number of hydrogen-bond acceptors (Lipinski definition) is 5. The van der Waals surface area contributed by atoms with Crippen molar-refractivity contribution in [2.45, 2.75) is 58.6 Å². The lowest BCUT2D eigenvalue weighted by atomic mass is 9.94. The molecule has 1 N–H and O–H groups in total. The van der Waals surface area contributed by atoms with Gasteiger partial charge in [0.25, 0.3) is 0 Å². The molecule has 0 unspecified atom stereocenters. The fourth-order valence-electron chi connectivity index (χ4n) is 3.45. The second-order valence-corrected chi connectivity index (χ2v) is 8.63. The molecule has 0 saturated heterocycles. The zero-order chi connectivity index (χ0) is 25.5. The molecule has 0 aliphatic heterocycles. The van der Waals surface area contributed by atoms with Crippen LogP contribution in [0.3, 0.4) is 0 Å². The van der Waals surface area contributed by atoms with Gasteiger partial charge in [-0.25, -0.2) is 9.59 Å². The highest BCUT2D eigenvalue weighted by atomic mass is 35.5. The fourth-order valence-corrected chi connectivity index (χ4v) is 3.77. The van der Waals surface area contributed by atoms with Crippen LogP contribution in [-0.4, -0.2) is 34.3 Å². The van der Waals surface area contributed by atoms with Crippen molar-refractivity contribution >= 4 is 52.5 Å². The summed E-state index contributed by atoms with van der Waals surface area (Å²) >= 11 is 12.1. The average Bonchev–Trinajstić information content (AvgIpc) is 2.83. The smallest absolute Gasteiger partial charge is 0.375 e.